The van der Waals surface area contributed by atoms with Crippen molar-refractivity contribution in [3.05, 3.63) is 30.0 Å². The number of amides is 1. The minimum Gasteiger partial charge on any atom is -0.493 e. The number of nitrogens with zero attached hydrogens (tertiary/aromatic N) is 2. The van der Waals surface area contributed by atoms with Crippen LogP contribution in [0.15, 0.2) is 24.3 Å². The maximum absolute atomic E-state index is 11.4. The number of aromatic nitrogens is 2. The second kappa shape index (κ2) is 5.01. The minimum absolute atomic E-state index is 0.579. The molecule has 1 heterocycles. The van der Waals surface area contributed by atoms with Crippen LogP contribution in [-0.4, -0.2) is 30.0 Å². The summed E-state index contributed by atoms with van der Waals surface area (Å²) in [4.78, 5) is 11.4. The standard InChI is InChI=1S/C13H15N3O3/c1-8-6-10(16(15-8)13(14)17)9-4-5-11(18-2)12(7-9)19-3/h4-7H,1-3H3,(H2,14,17). The molecule has 0 radical (unpaired) electrons. The van der Waals surface area contributed by atoms with Crippen LogP contribution in [0.5, 0.6) is 11.5 Å². The molecule has 1 amide bonds. The Morgan fingerprint density at radius 3 is 2.47 bits per heavy atom. The Bertz CT molecular complexity index is 620. The molecule has 1 aromatic heterocycles. The van der Waals surface area contributed by atoms with Crippen LogP contribution in [-0.2, 0) is 0 Å². The maximum atomic E-state index is 11.4. The lowest BCUT2D eigenvalue weighted by molar-refractivity contribution is 0.248. The summed E-state index contributed by atoms with van der Waals surface area (Å²) in [5.74, 6) is 1.20. The van der Waals surface area contributed by atoms with Crippen molar-refractivity contribution < 1.29 is 14.3 Å². The van der Waals surface area contributed by atoms with E-state index in [0.29, 0.717) is 22.9 Å². The Labute approximate surface area is 110 Å². The zero-order valence-corrected chi connectivity index (χ0v) is 11.0. The molecule has 0 aliphatic carbocycles. The molecular weight excluding hydrogens is 246 g/mol. The van der Waals surface area contributed by atoms with E-state index in [1.165, 1.54) is 0 Å². The maximum Gasteiger partial charge on any atom is 0.340 e. The third-order valence-corrected chi connectivity index (χ3v) is 2.72. The molecule has 0 spiro atoms. The zero-order valence-electron chi connectivity index (χ0n) is 11.0. The molecule has 2 aromatic rings. The number of hydrogen-bond acceptors (Lipinski definition) is 4. The summed E-state index contributed by atoms with van der Waals surface area (Å²) in [6, 6.07) is 6.51. The van der Waals surface area contributed by atoms with Gasteiger partial charge in [0.05, 0.1) is 25.6 Å². The Kier molecular flexibility index (Phi) is 3.41. The molecule has 0 saturated heterocycles. The van der Waals surface area contributed by atoms with Gasteiger partial charge in [0.25, 0.3) is 0 Å². The van der Waals surface area contributed by atoms with Crippen molar-refractivity contribution in [2.45, 2.75) is 6.92 Å². The van der Waals surface area contributed by atoms with Crippen LogP contribution < -0.4 is 15.2 Å². The molecule has 0 fully saturated rings. The van der Waals surface area contributed by atoms with Gasteiger partial charge in [-0.1, -0.05) is 0 Å². The SMILES string of the molecule is COc1ccc(-c2cc(C)nn2C(N)=O)cc1OC. The van der Waals surface area contributed by atoms with E-state index in [0.717, 1.165) is 10.2 Å². The van der Waals surface area contributed by atoms with E-state index in [-0.39, 0.29) is 0 Å². The second-order valence-electron chi connectivity index (χ2n) is 3.99. The number of primary amides is 1. The van der Waals surface area contributed by atoms with Crippen molar-refractivity contribution in [3.63, 3.8) is 0 Å². The summed E-state index contributed by atoms with van der Waals surface area (Å²) in [6.07, 6.45) is 0. The number of aryl methyl sites for hydroxylation is 1. The van der Waals surface area contributed by atoms with Gasteiger partial charge in [-0.15, -0.1) is 0 Å². The lowest BCUT2D eigenvalue weighted by Gasteiger charge is -2.09. The first kappa shape index (κ1) is 12.9. The largest absolute Gasteiger partial charge is 0.493 e. The zero-order chi connectivity index (χ0) is 14.0. The van der Waals surface area contributed by atoms with Crippen LogP contribution in [0.4, 0.5) is 4.79 Å². The van der Waals surface area contributed by atoms with Crippen LogP contribution in [0.3, 0.4) is 0 Å². The van der Waals surface area contributed by atoms with Gasteiger partial charge < -0.3 is 15.2 Å². The number of hydrogen-bond donors (Lipinski definition) is 1. The molecule has 0 aliphatic rings. The van der Waals surface area contributed by atoms with Gasteiger partial charge in [-0.25, -0.2) is 4.79 Å². The molecule has 0 atom stereocenters. The lowest BCUT2D eigenvalue weighted by Crippen LogP contribution is -2.21. The predicted molar refractivity (Wildman–Crippen MR) is 70.5 cm³/mol. The Morgan fingerprint density at radius 2 is 1.89 bits per heavy atom. The number of carbonyl (C=O) groups is 1. The van der Waals surface area contributed by atoms with Crippen LogP contribution >= 0.6 is 0 Å². The fourth-order valence-electron chi connectivity index (χ4n) is 1.87. The molecule has 100 valence electrons. The van der Waals surface area contributed by atoms with Gasteiger partial charge in [-0.05, 0) is 31.2 Å². The Balaban J connectivity index is 2.56. The highest BCUT2D eigenvalue weighted by Crippen LogP contribution is 2.32. The van der Waals surface area contributed by atoms with Crippen molar-refractivity contribution in [1.82, 2.24) is 9.78 Å². The summed E-state index contributed by atoms with van der Waals surface area (Å²) < 4.78 is 11.6. The topological polar surface area (TPSA) is 79.4 Å². The highest BCUT2D eigenvalue weighted by molar-refractivity contribution is 5.80. The third kappa shape index (κ3) is 2.37. The van der Waals surface area contributed by atoms with Gasteiger partial charge >= 0.3 is 6.03 Å². The first-order valence-corrected chi connectivity index (χ1v) is 5.65. The van der Waals surface area contributed by atoms with E-state index >= 15 is 0 Å². The van der Waals surface area contributed by atoms with Crippen molar-refractivity contribution >= 4 is 6.03 Å². The average molecular weight is 261 g/mol. The molecule has 2 N–H and O–H groups in total. The summed E-state index contributed by atoms with van der Waals surface area (Å²) in [6.45, 7) is 1.80. The molecule has 0 bridgehead atoms. The Morgan fingerprint density at radius 1 is 1.21 bits per heavy atom. The van der Waals surface area contributed by atoms with Gasteiger partial charge in [0.2, 0.25) is 0 Å². The van der Waals surface area contributed by atoms with Crippen molar-refractivity contribution in [2.75, 3.05) is 14.2 Å². The molecule has 0 unspecified atom stereocenters. The van der Waals surface area contributed by atoms with E-state index in [9.17, 15) is 4.79 Å². The quantitative estimate of drug-likeness (QED) is 0.913. The molecule has 19 heavy (non-hydrogen) atoms. The van der Waals surface area contributed by atoms with Crippen molar-refractivity contribution in [1.29, 1.82) is 0 Å². The molecule has 0 saturated carbocycles. The first-order chi connectivity index (χ1) is 9.06. The highest BCUT2D eigenvalue weighted by Gasteiger charge is 2.14. The lowest BCUT2D eigenvalue weighted by atomic mass is 10.1. The summed E-state index contributed by atoms with van der Waals surface area (Å²) in [5, 5.41) is 4.05. The summed E-state index contributed by atoms with van der Waals surface area (Å²) in [5.41, 5.74) is 7.40. The van der Waals surface area contributed by atoms with Crippen LogP contribution in [0, 0.1) is 6.92 Å². The monoisotopic (exact) mass is 261 g/mol. The fourth-order valence-corrected chi connectivity index (χ4v) is 1.87. The molecule has 1 aromatic carbocycles. The average Bonchev–Trinajstić information content (AvgIpc) is 2.80. The van der Waals surface area contributed by atoms with E-state index in [1.807, 2.05) is 6.07 Å². The predicted octanol–water partition coefficient (Wildman–Crippen LogP) is 1.80. The molecule has 6 heteroatoms. The number of methoxy groups -OCH3 is 2. The summed E-state index contributed by atoms with van der Waals surface area (Å²) in [7, 11) is 3.12. The van der Waals surface area contributed by atoms with Crippen LogP contribution in [0.1, 0.15) is 5.69 Å². The fraction of sp³-hybridized carbons (Fsp3) is 0.231. The van der Waals surface area contributed by atoms with Crippen LogP contribution in [0.2, 0.25) is 0 Å². The number of nitrogens with two attached hydrogens (primary N) is 1. The third-order valence-electron chi connectivity index (χ3n) is 2.72. The summed E-state index contributed by atoms with van der Waals surface area (Å²) >= 11 is 0. The normalized spacial score (nSPS) is 10.3. The Hall–Kier alpha value is -2.50. The molecular formula is C13H15N3O3. The van der Waals surface area contributed by atoms with Crippen LogP contribution in [0.25, 0.3) is 11.3 Å². The van der Waals surface area contributed by atoms with Gasteiger partial charge in [0.1, 0.15) is 0 Å². The van der Waals surface area contributed by atoms with Crippen molar-refractivity contribution in [3.8, 4) is 22.8 Å². The van der Waals surface area contributed by atoms with E-state index < -0.39 is 6.03 Å². The minimum atomic E-state index is -0.627. The van der Waals surface area contributed by atoms with Gasteiger partial charge in [-0.2, -0.15) is 9.78 Å². The van der Waals surface area contributed by atoms with Gasteiger partial charge in [-0.3, -0.25) is 0 Å². The van der Waals surface area contributed by atoms with Gasteiger partial charge in [0, 0.05) is 5.56 Å². The molecule has 2 rings (SSSR count). The van der Waals surface area contributed by atoms with Gasteiger partial charge in [0.15, 0.2) is 11.5 Å². The number of benzene rings is 1. The second-order valence-corrected chi connectivity index (χ2v) is 3.99. The smallest absolute Gasteiger partial charge is 0.340 e. The molecule has 0 aliphatic heterocycles. The van der Waals surface area contributed by atoms with E-state index in [2.05, 4.69) is 5.10 Å². The number of ether oxygens (including phenoxy) is 2. The van der Waals surface area contributed by atoms with E-state index in [4.69, 9.17) is 15.2 Å². The number of rotatable bonds is 3. The van der Waals surface area contributed by atoms with E-state index in [1.54, 1.807) is 39.3 Å². The molecule has 6 nitrogen and oxygen atoms in total. The number of carbonyl (C=O) groups excluding carboxylic acids is 1. The van der Waals surface area contributed by atoms with Crippen molar-refractivity contribution in [2.24, 2.45) is 5.73 Å². The first-order valence-electron chi connectivity index (χ1n) is 5.65. The highest BCUT2D eigenvalue weighted by atomic mass is 16.5.